The van der Waals surface area contributed by atoms with E-state index in [1.807, 2.05) is 12.1 Å². The van der Waals surface area contributed by atoms with Gasteiger partial charge in [0.25, 0.3) is 0 Å². The number of pyridine rings is 1. The molecule has 0 unspecified atom stereocenters. The summed E-state index contributed by atoms with van der Waals surface area (Å²) in [4.78, 5) is 4.17. The molecule has 0 saturated heterocycles. The van der Waals surface area contributed by atoms with Crippen molar-refractivity contribution >= 4 is 21.7 Å². The number of rotatable bonds is 3. The summed E-state index contributed by atoms with van der Waals surface area (Å²) in [7, 11) is 1.65. The van der Waals surface area contributed by atoms with Crippen LogP contribution in [-0.2, 0) is 4.74 Å². The third-order valence-electron chi connectivity index (χ3n) is 2.87. The molecule has 0 aliphatic heterocycles. The molecule has 17 heavy (non-hydrogen) atoms. The Balaban J connectivity index is 2.15. The Kier molecular flexibility index (Phi) is 4.15. The first kappa shape index (κ1) is 12.5. The summed E-state index contributed by atoms with van der Waals surface area (Å²) in [6, 6.07) is 3.54. The molecule has 2 atom stereocenters. The zero-order valence-corrected chi connectivity index (χ0v) is 11.2. The van der Waals surface area contributed by atoms with E-state index in [-0.39, 0.29) is 12.1 Å². The molecule has 0 spiro atoms. The molecule has 92 valence electrons. The lowest BCUT2D eigenvalue weighted by Crippen LogP contribution is -2.43. The minimum atomic E-state index is -0.0980. The van der Waals surface area contributed by atoms with Crippen LogP contribution in [0, 0.1) is 0 Å². The number of halogens is 1. The first-order valence-electron chi connectivity index (χ1n) is 5.51. The number of hydroxylamine groups is 1. The Morgan fingerprint density at radius 1 is 1.53 bits per heavy atom. The van der Waals surface area contributed by atoms with Crippen molar-refractivity contribution in [1.82, 2.24) is 4.98 Å². The third kappa shape index (κ3) is 2.86. The smallest absolute Gasteiger partial charge is 0.152 e. The molecule has 1 aliphatic carbocycles. The van der Waals surface area contributed by atoms with E-state index >= 15 is 0 Å². The largest absolute Gasteiger partial charge is 0.375 e. The molecular weight excluding hydrogens is 284 g/mol. The standard InChI is InChI=1S/C12H15BrN2O2/c1-17-11-5-3-2-4-10(11)15(16)12-7-6-9(13)8-14-12/h3,5-8,10-11,16H,2,4H2,1H3/t10-,11-/m0/s1. The maximum absolute atomic E-state index is 10.2. The number of ether oxygens (including phenoxy) is 1. The molecule has 0 fully saturated rings. The van der Waals surface area contributed by atoms with E-state index in [2.05, 4.69) is 27.0 Å². The highest BCUT2D eigenvalue weighted by Crippen LogP contribution is 2.23. The molecule has 1 aliphatic rings. The summed E-state index contributed by atoms with van der Waals surface area (Å²) in [5.41, 5.74) is 0. The fraction of sp³-hybridized carbons (Fsp3) is 0.417. The summed E-state index contributed by atoms with van der Waals surface area (Å²) in [6.45, 7) is 0. The van der Waals surface area contributed by atoms with Crippen LogP contribution in [0.3, 0.4) is 0 Å². The summed E-state index contributed by atoms with van der Waals surface area (Å²) in [5, 5.41) is 11.4. The molecule has 2 rings (SSSR count). The highest BCUT2D eigenvalue weighted by Gasteiger charge is 2.27. The molecule has 5 heteroatoms. The lowest BCUT2D eigenvalue weighted by atomic mass is 9.98. The topological polar surface area (TPSA) is 45.6 Å². The van der Waals surface area contributed by atoms with Gasteiger partial charge in [-0.1, -0.05) is 12.2 Å². The molecule has 0 amide bonds. The van der Waals surface area contributed by atoms with Gasteiger partial charge in [0.15, 0.2) is 5.82 Å². The van der Waals surface area contributed by atoms with Gasteiger partial charge in [-0.2, -0.15) is 0 Å². The van der Waals surface area contributed by atoms with E-state index in [1.54, 1.807) is 19.4 Å². The van der Waals surface area contributed by atoms with E-state index in [0.29, 0.717) is 5.82 Å². The van der Waals surface area contributed by atoms with Gasteiger partial charge in [0.05, 0.1) is 12.1 Å². The van der Waals surface area contributed by atoms with Gasteiger partial charge in [0, 0.05) is 17.8 Å². The van der Waals surface area contributed by atoms with Crippen LogP contribution in [0.25, 0.3) is 0 Å². The van der Waals surface area contributed by atoms with Gasteiger partial charge in [-0.15, -0.1) is 0 Å². The van der Waals surface area contributed by atoms with Gasteiger partial charge in [-0.05, 0) is 40.9 Å². The van der Waals surface area contributed by atoms with Crippen molar-refractivity contribution in [3.63, 3.8) is 0 Å². The van der Waals surface area contributed by atoms with Crippen LogP contribution in [0.1, 0.15) is 12.8 Å². The Labute approximate surface area is 109 Å². The lowest BCUT2D eigenvalue weighted by Gasteiger charge is -2.33. The number of methoxy groups -OCH3 is 1. The highest BCUT2D eigenvalue weighted by molar-refractivity contribution is 9.10. The van der Waals surface area contributed by atoms with Crippen LogP contribution >= 0.6 is 15.9 Å². The minimum Gasteiger partial charge on any atom is -0.375 e. The fourth-order valence-corrected chi connectivity index (χ4v) is 2.19. The van der Waals surface area contributed by atoms with Crippen molar-refractivity contribution in [3.05, 3.63) is 35.0 Å². The summed E-state index contributed by atoms with van der Waals surface area (Å²) in [6.07, 6.45) is 7.42. The van der Waals surface area contributed by atoms with Gasteiger partial charge in [-0.25, -0.2) is 10.0 Å². The summed E-state index contributed by atoms with van der Waals surface area (Å²) < 4.78 is 6.23. The van der Waals surface area contributed by atoms with Gasteiger partial charge < -0.3 is 4.74 Å². The molecule has 1 aromatic heterocycles. The zero-order chi connectivity index (χ0) is 12.3. The molecule has 4 nitrogen and oxygen atoms in total. The maximum Gasteiger partial charge on any atom is 0.152 e. The maximum atomic E-state index is 10.2. The number of nitrogens with zero attached hydrogens (tertiary/aromatic N) is 2. The van der Waals surface area contributed by atoms with Gasteiger partial charge in [-0.3, -0.25) is 5.21 Å². The van der Waals surface area contributed by atoms with Crippen molar-refractivity contribution < 1.29 is 9.94 Å². The van der Waals surface area contributed by atoms with E-state index in [0.717, 1.165) is 17.3 Å². The van der Waals surface area contributed by atoms with Crippen molar-refractivity contribution in [1.29, 1.82) is 0 Å². The summed E-state index contributed by atoms with van der Waals surface area (Å²) in [5.74, 6) is 0.538. The van der Waals surface area contributed by atoms with Crippen LogP contribution in [0.4, 0.5) is 5.82 Å². The molecule has 0 saturated carbocycles. The normalized spacial score (nSPS) is 23.7. The number of allylic oxidation sites excluding steroid dienone is 1. The second-order valence-electron chi connectivity index (χ2n) is 3.95. The van der Waals surface area contributed by atoms with Crippen LogP contribution in [0.5, 0.6) is 0 Å². The minimum absolute atomic E-state index is 0.0846. The zero-order valence-electron chi connectivity index (χ0n) is 9.58. The van der Waals surface area contributed by atoms with Crippen LogP contribution in [0.2, 0.25) is 0 Å². The molecule has 0 bridgehead atoms. The quantitative estimate of drug-likeness (QED) is 0.688. The average molecular weight is 299 g/mol. The molecule has 1 heterocycles. The Morgan fingerprint density at radius 3 is 3.00 bits per heavy atom. The predicted octanol–water partition coefficient (Wildman–Crippen LogP) is 2.77. The first-order valence-corrected chi connectivity index (χ1v) is 6.31. The summed E-state index contributed by atoms with van der Waals surface area (Å²) >= 11 is 3.32. The Morgan fingerprint density at radius 2 is 2.35 bits per heavy atom. The van der Waals surface area contributed by atoms with Crippen LogP contribution in [-0.4, -0.2) is 29.4 Å². The van der Waals surface area contributed by atoms with Crippen molar-refractivity contribution in [2.24, 2.45) is 0 Å². The van der Waals surface area contributed by atoms with Crippen molar-refractivity contribution in [3.8, 4) is 0 Å². The highest BCUT2D eigenvalue weighted by atomic mass is 79.9. The molecule has 0 radical (unpaired) electrons. The molecule has 1 aromatic rings. The van der Waals surface area contributed by atoms with E-state index in [4.69, 9.17) is 4.74 Å². The second-order valence-corrected chi connectivity index (χ2v) is 4.87. The number of anilines is 1. The van der Waals surface area contributed by atoms with Crippen molar-refractivity contribution in [2.75, 3.05) is 12.2 Å². The Bertz CT molecular complexity index is 394. The van der Waals surface area contributed by atoms with Gasteiger partial charge >= 0.3 is 0 Å². The molecule has 1 N–H and O–H groups in total. The number of hydrogen-bond acceptors (Lipinski definition) is 4. The number of hydrogen-bond donors (Lipinski definition) is 1. The van der Waals surface area contributed by atoms with Gasteiger partial charge in [0.2, 0.25) is 0 Å². The third-order valence-corrected chi connectivity index (χ3v) is 3.34. The van der Waals surface area contributed by atoms with Gasteiger partial charge in [0.1, 0.15) is 0 Å². The average Bonchev–Trinajstić information content (AvgIpc) is 2.39. The first-order chi connectivity index (χ1) is 8.22. The number of aromatic nitrogens is 1. The van der Waals surface area contributed by atoms with E-state index in [1.165, 1.54) is 5.06 Å². The molecule has 0 aromatic carbocycles. The Hall–Kier alpha value is -0.910. The molecular formula is C12H15BrN2O2. The SMILES string of the molecule is CO[C@H]1C=CCC[C@@H]1N(O)c1ccc(Br)cn1. The van der Waals surface area contributed by atoms with Crippen LogP contribution < -0.4 is 5.06 Å². The van der Waals surface area contributed by atoms with E-state index in [9.17, 15) is 5.21 Å². The van der Waals surface area contributed by atoms with Crippen LogP contribution in [0.15, 0.2) is 35.0 Å². The monoisotopic (exact) mass is 298 g/mol. The predicted molar refractivity (Wildman–Crippen MR) is 69.2 cm³/mol. The fourth-order valence-electron chi connectivity index (χ4n) is 1.96. The van der Waals surface area contributed by atoms with Crippen molar-refractivity contribution in [2.45, 2.75) is 25.0 Å². The lowest BCUT2D eigenvalue weighted by molar-refractivity contribution is 0.0687. The second kappa shape index (κ2) is 5.62. The van der Waals surface area contributed by atoms with E-state index < -0.39 is 0 Å².